The molecule has 3 fully saturated rings. The summed E-state index contributed by atoms with van der Waals surface area (Å²) in [5.41, 5.74) is 11.5. The van der Waals surface area contributed by atoms with Crippen molar-refractivity contribution < 1.29 is 69.6 Å². The van der Waals surface area contributed by atoms with Crippen LogP contribution >= 0.6 is 0 Å². The van der Waals surface area contributed by atoms with Gasteiger partial charge in [-0.05, 0) is 75.2 Å². The van der Waals surface area contributed by atoms with Crippen molar-refractivity contribution >= 4 is 35.4 Å². The highest BCUT2D eigenvalue weighted by molar-refractivity contribution is 5.98. The minimum Gasteiger partial charge on any atom is -0.508 e. The van der Waals surface area contributed by atoms with Crippen LogP contribution in [0.25, 0.3) is 0 Å². The van der Waals surface area contributed by atoms with Gasteiger partial charge in [0.15, 0.2) is 0 Å². The van der Waals surface area contributed by atoms with Crippen molar-refractivity contribution in [3.8, 4) is 5.75 Å². The normalized spacial score (nSPS) is 29.0. The second-order valence-electron chi connectivity index (χ2n) is 21.3. The van der Waals surface area contributed by atoms with Gasteiger partial charge in [-0.2, -0.15) is 0 Å². The van der Waals surface area contributed by atoms with Crippen LogP contribution < -0.4 is 43.4 Å². The maximum atomic E-state index is 14.6. The van der Waals surface area contributed by atoms with Gasteiger partial charge in [0, 0.05) is 39.0 Å². The van der Waals surface area contributed by atoms with Crippen molar-refractivity contribution in [3.05, 3.63) is 29.8 Å². The van der Waals surface area contributed by atoms with Gasteiger partial charge >= 0.3 is 0 Å². The van der Waals surface area contributed by atoms with Crippen molar-refractivity contribution in [1.29, 1.82) is 0 Å². The van der Waals surface area contributed by atoms with E-state index in [0.29, 0.717) is 12.3 Å². The molecule has 3 heterocycles. The lowest BCUT2D eigenvalue weighted by molar-refractivity contribution is -0.148. The van der Waals surface area contributed by atoms with E-state index in [-0.39, 0.29) is 56.9 Å². The largest absolute Gasteiger partial charge is 0.508 e. The molecule has 0 unspecified atom stereocenters. The van der Waals surface area contributed by atoms with Gasteiger partial charge < -0.3 is 88.7 Å². The third-order valence-corrected chi connectivity index (χ3v) is 15.0. The number of aliphatic hydroxyl groups is 7. The SMILES string of the molecule is CC[C@H](C)C[C@H](C)CCCCCCCCCN[C@H]1C[C@@H](O)[C@@H](NCCN)NC(=O)[C@@H]2[C@@H](O)CCN2C(=O)[C@H]([C@H](O)CCN)NC(=O)[C@H]([C@H](O)[C@@H](O)c2ccc(O)cc2)NC(=O)[C@@H]2C[C@@H](O)CN2C(=O)[C@H]([C@@H](C)O)NC1=O. The Balaban J connectivity index is 1.70. The summed E-state index contributed by atoms with van der Waals surface area (Å²) < 4.78 is 0. The molecule has 0 spiro atoms. The van der Waals surface area contributed by atoms with Gasteiger partial charge in [0.1, 0.15) is 54.3 Å². The highest BCUT2D eigenvalue weighted by atomic mass is 16.3. The summed E-state index contributed by atoms with van der Waals surface area (Å²) in [6.07, 6.45) is -4.24. The van der Waals surface area contributed by atoms with Gasteiger partial charge in [0.05, 0.1) is 36.6 Å². The minimum absolute atomic E-state index is 0.0269. The molecule has 0 radical (unpaired) electrons. The molecule has 3 saturated heterocycles. The molecule has 0 aromatic heterocycles. The third kappa shape index (κ3) is 18.5. The van der Waals surface area contributed by atoms with Crippen LogP contribution in [0.5, 0.6) is 5.75 Å². The fourth-order valence-corrected chi connectivity index (χ4v) is 10.3. The van der Waals surface area contributed by atoms with Crippen molar-refractivity contribution in [3.63, 3.8) is 0 Å². The highest BCUT2D eigenvalue weighted by Gasteiger charge is 2.49. The maximum Gasteiger partial charge on any atom is 0.248 e. The third-order valence-electron chi connectivity index (χ3n) is 15.0. The Hall–Kier alpha value is -4.60. The molecule has 432 valence electrons. The predicted molar refractivity (Wildman–Crippen MR) is 280 cm³/mol. The molecule has 76 heavy (non-hydrogen) atoms. The zero-order valence-corrected chi connectivity index (χ0v) is 44.8. The fraction of sp³-hybridized carbons (Fsp3) is 0.769. The number of hydrogen-bond acceptors (Lipinski definition) is 18. The summed E-state index contributed by atoms with van der Waals surface area (Å²) in [6.45, 7) is 7.41. The number of phenolic OH excluding ortho intramolecular Hbond substituents is 1. The number of carbonyl (C=O) groups is 6. The monoisotopic (exact) mass is 1080 g/mol. The molecule has 1 aromatic carbocycles. The summed E-state index contributed by atoms with van der Waals surface area (Å²) in [4.78, 5) is 88.4. The van der Waals surface area contributed by atoms with E-state index in [1.165, 1.54) is 56.9 Å². The molecular weight excluding hydrogens is 989 g/mol. The summed E-state index contributed by atoms with van der Waals surface area (Å²) in [7, 11) is 0. The van der Waals surface area contributed by atoms with Crippen LogP contribution in [-0.2, 0) is 28.8 Å². The second-order valence-corrected chi connectivity index (χ2v) is 21.3. The fourth-order valence-electron chi connectivity index (χ4n) is 10.3. The topological polar surface area (TPSA) is 395 Å². The Morgan fingerprint density at radius 2 is 1.28 bits per heavy atom. The molecule has 0 saturated carbocycles. The molecule has 0 aliphatic carbocycles. The lowest BCUT2D eigenvalue weighted by Crippen LogP contribution is -2.65. The zero-order chi connectivity index (χ0) is 56.2. The first kappa shape index (κ1) is 63.9. The summed E-state index contributed by atoms with van der Waals surface area (Å²) in [5, 5.41) is 105. The predicted octanol–water partition coefficient (Wildman–Crippen LogP) is -2.84. The average Bonchev–Trinajstić information content (AvgIpc) is 3.98. The van der Waals surface area contributed by atoms with E-state index in [1.54, 1.807) is 0 Å². The number of benzene rings is 1. The molecule has 3 aliphatic rings. The van der Waals surface area contributed by atoms with Crippen molar-refractivity contribution in [2.45, 2.75) is 203 Å². The second kappa shape index (κ2) is 31.7. The molecule has 16 atom stereocenters. The minimum atomic E-state index is -2.25. The van der Waals surface area contributed by atoms with E-state index in [0.717, 1.165) is 47.8 Å². The number of nitrogens with two attached hydrogens (primary N) is 2. The smallest absolute Gasteiger partial charge is 0.248 e. The first-order valence-electron chi connectivity index (χ1n) is 27.4. The number of aromatic hydroxyl groups is 1. The van der Waals surface area contributed by atoms with Gasteiger partial charge in [-0.1, -0.05) is 84.3 Å². The van der Waals surface area contributed by atoms with Crippen LogP contribution in [0.4, 0.5) is 0 Å². The van der Waals surface area contributed by atoms with Crippen molar-refractivity contribution in [1.82, 2.24) is 41.7 Å². The Morgan fingerprint density at radius 1 is 0.658 bits per heavy atom. The molecule has 6 amide bonds. The Labute approximate surface area is 446 Å². The molecule has 24 nitrogen and oxygen atoms in total. The van der Waals surface area contributed by atoms with Crippen molar-refractivity contribution in [2.75, 3.05) is 39.3 Å². The average molecular weight is 1080 g/mol. The van der Waals surface area contributed by atoms with E-state index in [2.05, 4.69) is 52.7 Å². The number of fused-ring (bicyclic) bond motifs is 2. The quantitative estimate of drug-likeness (QED) is 0.0464. The Morgan fingerprint density at radius 3 is 1.91 bits per heavy atom. The van der Waals surface area contributed by atoms with Gasteiger partial charge in [0.2, 0.25) is 35.4 Å². The summed E-state index contributed by atoms with van der Waals surface area (Å²) in [5.74, 6) is -5.25. The zero-order valence-electron chi connectivity index (χ0n) is 44.8. The van der Waals surface area contributed by atoms with Gasteiger partial charge in [-0.15, -0.1) is 0 Å². The number of unbranched alkanes of at least 4 members (excludes halogenated alkanes) is 6. The molecule has 3 aliphatic heterocycles. The number of nitrogens with one attached hydrogen (secondary N) is 6. The molecule has 0 bridgehead atoms. The molecule has 24 heteroatoms. The van der Waals surface area contributed by atoms with E-state index in [4.69, 9.17) is 11.5 Å². The summed E-state index contributed by atoms with van der Waals surface area (Å²) in [6, 6.07) is -5.65. The van der Waals surface area contributed by atoms with E-state index in [1.807, 2.05) is 0 Å². The van der Waals surface area contributed by atoms with Crippen LogP contribution in [-0.4, -0.2) is 204 Å². The molecular formula is C52H90N10O14. The summed E-state index contributed by atoms with van der Waals surface area (Å²) >= 11 is 0. The van der Waals surface area contributed by atoms with Crippen molar-refractivity contribution in [2.24, 2.45) is 23.3 Å². The molecule has 4 rings (SSSR count). The van der Waals surface area contributed by atoms with E-state index >= 15 is 0 Å². The lowest BCUT2D eigenvalue weighted by atomic mass is 9.91. The van der Waals surface area contributed by atoms with Gasteiger partial charge in [-0.25, -0.2) is 0 Å². The standard InChI is InChI=1S/C52H90N10O14/c1-5-29(2)25-30(3)13-11-9-7-6-8-10-12-22-55-35-27-39(68)46(56-23-21-54)60-50(74)43-38(67)19-24-61(43)52(76)41(37(66)18-20-53)58-49(73)42(45(70)44(69)32-14-16-33(64)17-15-32)59-48(72)36-26-34(65)28-62(36)51(75)40(31(4)63)57-47(35)71/h14-17,29-31,34-46,55-56,63-70H,5-13,18-28,53-54H2,1-4H3,(H,57,71)(H,58,73)(H,59,72)(H,60,74)/t29-,30+,31+,34+,35-,36-,37+,38-,39+,40-,41-,42-,43-,44-,45-,46-/m0/s1. The number of aliphatic hydroxyl groups excluding tert-OH is 7. The molecule has 1 aromatic rings. The number of nitrogens with zero attached hydrogens (tertiary/aromatic N) is 2. The Bertz CT molecular complexity index is 1990. The first-order valence-corrected chi connectivity index (χ1v) is 27.4. The number of rotatable bonds is 24. The highest BCUT2D eigenvalue weighted by Crippen LogP contribution is 2.27. The Kier molecular flexibility index (Phi) is 26.7. The van der Waals surface area contributed by atoms with Crippen LogP contribution in [0, 0.1) is 11.8 Å². The van der Waals surface area contributed by atoms with Crippen LogP contribution in [0.15, 0.2) is 24.3 Å². The van der Waals surface area contributed by atoms with Crippen LogP contribution in [0.1, 0.15) is 129 Å². The first-order chi connectivity index (χ1) is 36.1. The number of phenols is 1. The maximum absolute atomic E-state index is 14.6. The van der Waals surface area contributed by atoms with Gasteiger partial charge in [0.25, 0.3) is 0 Å². The lowest BCUT2D eigenvalue weighted by Gasteiger charge is -2.35. The number of hydrogen-bond donors (Lipinski definition) is 16. The van der Waals surface area contributed by atoms with Crippen LogP contribution in [0.2, 0.25) is 0 Å². The van der Waals surface area contributed by atoms with Gasteiger partial charge in [-0.3, -0.25) is 34.1 Å². The number of amides is 6. The number of carbonyl (C=O) groups excluding carboxylic acids is 6. The molecule has 18 N–H and O–H groups in total. The van der Waals surface area contributed by atoms with Crippen LogP contribution in [0.3, 0.4) is 0 Å². The van der Waals surface area contributed by atoms with E-state index in [9.17, 15) is 69.6 Å². The van der Waals surface area contributed by atoms with E-state index < -0.39 is 140 Å².